The number of piperidine rings is 1. The Morgan fingerprint density at radius 1 is 1.15 bits per heavy atom. The first-order valence-corrected chi connectivity index (χ1v) is 11.6. The monoisotopic (exact) mass is 472 g/mol. The zero-order valence-corrected chi connectivity index (χ0v) is 20.0. The van der Waals surface area contributed by atoms with Crippen molar-refractivity contribution in [2.24, 2.45) is 5.92 Å². The second-order valence-corrected chi connectivity index (χ2v) is 9.00. The molecule has 0 radical (unpaired) electrons. The Morgan fingerprint density at radius 3 is 2.44 bits per heavy atom. The van der Waals surface area contributed by atoms with E-state index in [0.29, 0.717) is 24.5 Å². The van der Waals surface area contributed by atoms with Gasteiger partial charge in [0.05, 0.1) is 18.1 Å². The van der Waals surface area contributed by atoms with Gasteiger partial charge in [0.25, 0.3) is 5.91 Å². The predicted molar refractivity (Wildman–Crippen MR) is 124 cm³/mol. The van der Waals surface area contributed by atoms with Crippen LogP contribution in [0.3, 0.4) is 0 Å². The van der Waals surface area contributed by atoms with Crippen LogP contribution in [0.25, 0.3) is 0 Å². The molecule has 1 aromatic carbocycles. The number of hydrogen-bond donors (Lipinski definition) is 1. The molecule has 2 saturated heterocycles. The molecule has 0 aromatic heterocycles. The molecular weight excluding hydrogens is 440 g/mol. The summed E-state index contributed by atoms with van der Waals surface area (Å²) >= 11 is 0. The minimum Gasteiger partial charge on any atom is -0.477 e. The number of carboxylic acid groups (broad SMARTS) is 1. The van der Waals surface area contributed by atoms with Crippen molar-refractivity contribution in [3.8, 4) is 11.8 Å². The summed E-state index contributed by atoms with van der Waals surface area (Å²) in [5, 5.41) is 18.7. The fourth-order valence-corrected chi connectivity index (χ4v) is 4.35. The molecule has 2 aliphatic heterocycles. The molecule has 1 atom stereocenters. The molecule has 2 aliphatic rings. The molecule has 3 rings (SSSR count). The Labute approximate surface area is 199 Å². The van der Waals surface area contributed by atoms with Gasteiger partial charge in [-0.3, -0.25) is 9.59 Å². The molecule has 1 N–H and O–H groups in total. The molecule has 184 valence electrons. The van der Waals surface area contributed by atoms with Gasteiger partial charge in [0.1, 0.15) is 11.8 Å². The summed E-state index contributed by atoms with van der Waals surface area (Å²) in [6, 6.07) is 7.33. The van der Waals surface area contributed by atoms with E-state index in [1.807, 2.05) is 6.07 Å². The van der Waals surface area contributed by atoms with Crippen molar-refractivity contribution < 1.29 is 29.0 Å². The smallest absolute Gasteiger partial charge is 0.407 e. The molecule has 10 nitrogen and oxygen atoms in total. The maximum atomic E-state index is 13.2. The minimum absolute atomic E-state index is 0.202. The van der Waals surface area contributed by atoms with Crippen LogP contribution in [0.5, 0.6) is 5.75 Å². The number of nitriles is 1. The molecule has 0 aliphatic carbocycles. The third-order valence-corrected chi connectivity index (χ3v) is 6.21. The van der Waals surface area contributed by atoms with Crippen molar-refractivity contribution in [2.45, 2.75) is 39.2 Å². The number of esters is 1. The third kappa shape index (κ3) is 5.71. The lowest BCUT2D eigenvalue weighted by molar-refractivity contribution is -0.148. The summed E-state index contributed by atoms with van der Waals surface area (Å²) in [5.41, 5.74) is -0.147. The van der Waals surface area contributed by atoms with E-state index < -0.39 is 11.7 Å². The van der Waals surface area contributed by atoms with E-state index in [1.165, 1.54) is 4.90 Å². The summed E-state index contributed by atoms with van der Waals surface area (Å²) in [6.07, 6.45) is 0.610. The van der Waals surface area contributed by atoms with Crippen LogP contribution >= 0.6 is 0 Å². The lowest BCUT2D eigenvalue weighted by Crippen LogP contribution is -2.56. The normalized spacial score (nSPS) is 18.8. The first-order valence-electron chi connectivity index (χ1n) is 11.6. The molecule has 34 heavy (non-hydrogen) atoms. The number of amides is 2. The van der Waals surface area contributed by atoms with Gasteiger partial charge in [0.2, 0.25) is 0 Å². The number of benzene rings is 1. The van der Waals surface area contributed by atoms with Crippen molar-refractivity contribution >= 4 is 23.7 Å². The first-order chi connectivity index (χ1) is 16.2. The molecule has 0 saturated carbocycles. The van der Waals surface area contributed by atoms with E-state index in [1.54, 1.807) is 37.8 Å². The topological polar surface area (TPSA) is 123 Å². The predicted octanol–water partition coefficient (Wildman–Crippen LogP) is 2.32. The molecule has 10 heteroatoms. The van der Waals surface area contributed by atoms with E-state index in [0.717, 1.165) is 25.1 Å². The Kier molecular flexibility index (Phi) is 7.87. The fourth-order valence-electron chi connectivity index (χ4n) is 4.35. The molecular formula is C24H32N4O6. The second-order valence-electron chi connectivity index (χ2n) is 9.00. The average Bonchev–Trinajstić information content (AvgIpc) is 2.83. The number of carbonyl (C=O) groups excluding carboxylic acids is 2. The van der Waals surface area contributed by atoms with Crippen molar-refractivity contribution in [3.63, 3.8) is 0 Å². The zero-order valence-electron chi connectivity index (χ0n) is 20.0. The van der Waals surface area contributed by atoms with E-state index >= 15 is 0 Å². The average molecular weight is 473 g/mol. The van der Waals surface area contributed by atoms with E-state index in [4.69, 9.17) is 14.6 Å². The molecule has 2 amide bonds. The molecule has 2 fully saturated rings. The summed E-state index contributed by atoms with van der Waals surface area (Å²) in [7, 11) is 0. The number of ether oxygens (including phenoxy) is 2. The maximum Gasteiger partial charge on any atom is 0.407 e. The van der Waals surface area contributed by atoms with Gasteiger partial charge in [-0.2, -0.15) is 5.26 Å². The Morgan fingerprint density at radius 2 is 1.82 bits per heavy atom. The maximum absolute atomic E-state index is 13.2. The zero-order chi connectivity index (χ0) is 24.9. The van der Waals surface area contributed by atoms with Crippen molar-refractivity contribution in [2.75, 3.05) is 50.8 Å². The van der Waals surface area contributed by atoms with Gasteiger partial charge in [0.15, 0.2) is 5.60 Å². The minimum atomic E-state index is -1.26. The van der Waals surface area contributed by atoms with Gasteiger partial charge in [-0.25, -0.2) is 4.79 Å². The highest BCUT2D eigenvalue weighted by Crippen LogP contribution is 2.32. The number of hydrogen-bond acceptors (Lipinski definition) is 7. The summed E-state index contributed by atoms with van der Waals surface area (Å²) in [4.78, 5) is 41.4. The van der Waals surface area contributed by atoms with Crippen LogP contribution in [-0.2, 0) is 14.3 Å². The largest absolute Gasteiger partial charge is 0.477 e. The molecule has 0 spiro atoms. The van der Waals surface area contributed by atoms with Gasteiger partial charge in [-0.05, 0) is 45.7 Å². The van der Waals surface area contributed by atoms with E-state index in [-0.39, 0.29) is 44.0 Å². The first kappa shape index (κ1) is 25.1. The van der Waals surface area contributed by atoms with Crippen LogP contribution in [0.1, 0.15) is 39.2 Å². The highest BCUT2D eigenvalue weighted by Gasteiger charge is 2.37. The Bertz CT molecular complexity index is 965. The molecule has 1 aromatic rings. The van der Waals surface area contributed by atoms with Crippen molar-refractivity contribution in [1.29, 1.82) is 5.26 Å². The number of anilines is 1. The summed E-state index contributed by atoms with van der Waals surface area (Å²) in [5.74, 6) is -0.392. The highest BCUT2D eigenvalue weighted by atomic mass is 16.5. The molecule has 0 bridgehead atoms. The van der Waals surface area contributed by atoms with Gasteiger partial charge >= 0.3 is 12.1 Å². The van der Waals surface area contributed by atoms with Crippen LogP contribution in [0, 0.1) is 17.2 Å². The van der Waals surface area contributed by atoms with Crippen LogP contribution in [0.2, 0.25) is 0 Å². The Balaban J connectivity index is 1.74. The molecule has 2 heterocycles. The SMILES string of the molecule is CCOC(=O)[C@@H]1CCCN(c2ccc(C#N)c(OC(C)(C)C(=O)N3CCN(C(=O)O)CC3)c2)C1. The fraction of sp³-hybridized carbons (Fsp3) is 0.583. The standard InChI is InChI=1S/C24H32N4O6/c1-4-33-21(29)18-6-5-9-28(16-18)19-8-7-17(15-25)20(14-19)34-24(2,3)22(30)26-10-12-27(13-11-26)23(31)32/h7-8,14,18H,4-6,9-13,16H2,1-3H3,(H,31,32)/t18-/m1/s1. The lowest BCUT2D eigenvalue weighted by Gasteiger charge is -2.38. The van der Waals surface area contributed by atoms with E-state index in [9.17, 15) is 19.6 Å². The van der Waals surface area contributed by atoms with Crippen LogP contribution < -0.4 is 9.64 Å². The van der Waals surface area contributed by atoms with Gasteiger partial charge < -0.3 is 29.3 Å². The number of carbonyl (C=O) groups is 3. The van der Waals surface area contributed by atoms with Gasteiger partial charge in [0, 0.05) is 51.0 Å². The lowest BCUT2D eigenvalue weighted by atomic mass is 9.97. The Hall–Kier alpha value is -3.48. The van der Waals surface area contributed by atoms with Crippen LogP contribution in [-0.4, -0.2) is 84.4 Å². The second kappa shape index (κ2) is 10.6. The number of rotatable bonds is 6. The summed E-state index contributed by atoms with van der Waals surface area (Å²) in [6.45, 7) is 7.75. The molecule has 0 unspecified atom stereocenters. The van der Waals surface area contributed by atoms with Crippen LogP contribution in [0.15, 0.2) is 18.2 Å². The van der Waals surface area contributed by atoms with Crippen molar-refractivity contribution in [1.82, 2.24) is 9.80 Å². The number of nitrogens with zero attached hydrogens (tertiary/aromatic N) is 4. The number of piperazine rings is 1. The highest BCUT2D eigenvalue weighted by molar-refractivity contribution is 5.85. The van der Waals surface area contributed by atoms with Crippen LogP contribution in [0.4, 0.5) is 10.5 Å². The quantitative estimate of drug-likeness (QED) is 0.626. The van der Waals surface area contributed by atoms with Gasteiger partial charge in [-0.15, -0.1) is 0 Å². The van der Waals surface area contributed by atoms with Gasteiger partial charge in [-0.1, -0.05) is 0 Å². The van der Waals surface area contributed by atoms with E-state index in [2.05, 4.69) is 11.0 Å². The summed E-state index contributed by atoms with van der Waals surface area (Å²) < 4.78 is 11.3. The van der Waals surface area contributed by atoms with Crippen molar-refractivity contribution in [3.05, 3.63) is 23.8 Å². The third-order valence-electron chi connectivity index (χ3n) is 6.21.